The molecular weight excluding hydrogens is 278 g/mol. The van der Waals surface area contributed by atoms with Crippen LogP contribution in [0.3, 0.4) is 0 Å². The highest BCUT2D eigenvalue weighted by molar-refractivity contribution is 6.18. The molecule has 0 aliphatic rings. The molecule has 1 aromatic carbocycles. The first kappa shape index (κ1) is 15.9. The molecule has 1 rings (SSSR count). The Balaban J connectivity index is 2.52. The molecule has 0 aliphatic carbocycles. The zero-order valence-corrected chi connectivity index (χ0v) is 11.9. The number of nitrogens with one attached hydrogen (secondary N) is 2. The zero-order chi connectivity index (χ0) is 14.8. The third kappa shape index (κ3) is 5.21. The van der Waals surface area contributed by atoms with E-state index in [2.05, 4.69) is 10.6 Å². The zero-order valence-electron chi connectivity index (χ0n) is 11.1. The molecule has 0 saturated heterocycles. The number of carbonyl (C=O) groups is 1. The fourth-order valence-corrected chi connectivity index (χ4v) is 1.51. The van der Waals surface area contributed by atoms with Gasteiger partial charge in [0, 0.05) is 25.2 Å². The molecular formula is C14H16ClN3O2. The number of halogens is 1. The first-order chi connectivity index (χ1) is 9.71. The van der Waals surface area contributed by atoms with Crippen LogP contribution in [0.1, 0.15) is 5.56 Å². The summed E-state index contributed by atoms with van der Waals surface area (Å²) in [5.41, 5.74) is 1.03. The Bertz CT molecular complexity index is 506. The summed E-state index contributed by atoms with van der Waals surface area (Å²) >= 11 is 5.46. The minimum atomic E-state index is -0.435. The van der Waals surface area contributed by atoms with Crippen molar-refractivity contribution in [2.75, 3.05) is 19.5 Å². The summed E-state index contributed by atoms with van der Waals surface area (Å²) in [5, 5.41) is 14.3. The lowest BCUT2D eigenvalue weighted by Crippen LogP contribution is -2.27. The quantitative estimate of drug-likeness (QED) is 0.454. The van der Waals surface area contributed by atoms with Crippen molar-refractivity contribution in [2.45, 2.75) is 6.54 Å². The molecule has 0 unspecified atom stereocenters. The summed E-state index contributed by atoms with van der Waals surface area (Å²) in [4.78, 5) is 11.5. The van der Waals surface area contributed by atoms with Gasteiger partial charge >= 0.3 is 0 Å². The second-order valence-electron chi connectivity index (χ2n) is 3.84. The molecule has 0 radical (unpaired) electrons. The first-order valence-electron chi connectivity index (χ1n) is 6.02. The maximum atomic E-state index is 11.5. The van der Waals surface area contributed by atoms with E-state index in [1.807, 2.05) is 30.3 Å². The molecule has 0 aliphatic heterocycles. The predicted octanol–water partition coefficient (Wildman–Crippen LogP) is 1.55. The molecule has 0 saturated carbocycles. The lowest BCUT2D eigenvalue weighted by molar-refractivity contribution is -0.117. The fourth-order valence-electron chi connectivity index (χ4n) is 1.42. The topological polar surface area (TPSA) is 74.1 Å². The van der Waals surface area contributed by atoms with E-state index in [0.717, 1.165) is 11.3 Å². The smallest absolute Gasteiger partial charge is 0.263 e. The van der Waals surface area contributed by atoms with Crippen molar-refractivity contribution < 1.29 is 9.53 Å². The minimum Gasteiger partial charge on any atom is -0.497 e. The summed E-state index contributed by atoms with van der Waals surface area (Å²) in [6.07, 6.45) is 1.40. The monoisotopic (exact) mass is 293 g/mol. The Hall–Kier alpha value is -2.19. The number of rotatable bonds is 7. The van der Waals surface area contributed by atoms with Crippen molar-refractivity contribution in [3.05, 3.63) is 41.6 Å². The molecule has 20 heavy (non-hydrogen) atoms. The molecule has 2 N–H and O–H groups in total. The van der Waals surface area contributed by atoms with E-state index >= 15 is 0 Å². The summed E-state index contributed by atoms with van der Waals surface area (Å²) in [5.74, 6) is 0.654. The Kier molecular flexibility index (Phi) is 7.01. The van der Waals surface area contributed by atoms with Gasteiger partial charge in [0.1, 0.15) is 17.4 Å². The van der Waals surface area contributed by atoms with Gasteiger partial charge in [-0.15, -0.1) is 11.6 Å². The number of nitriles is 1. The third-order valence-corrected chi connectivity index (χ3v) is 2.65. The summed E-state index contributed by atoms with van der Waals surface area (Å²) in [6.45, 7) is 0.843. The van der Waals surface area contributed by atoms with Crippen LogP contribution in [0.2, 0.25) is 0 Å². The average Bonchev–Trinajstić information content (AvgIpc) is 2.49. The highest BCUT2D eigenvalue weighted by Crippen LogP contribution is 2.10. The first-order valence-corrected chi connectivity index (χ1v) is 6.55. The van der Waals surface area contributed by atoms with Crippen molar-refractivity contribution in [1.82, 2.24) is 10.6 Å². The van der Waals surface area contributed by atoms with Gasteiger partial charge in [0.05, 0.1) is 7.11 Å². The standard InChI is InChI=1S/C14H16ClN3O2/c1-20-13-4-2-11(3-5-13)9-17-10-12(8-16)14(19)18-7-6-15/h2-5,10,17H,6-7,9H2,1H3,(H,18,19)/b12-10-. The minimum absolute atomic E-state index is 0.0172. The van der Waals surface area contributed by atoms with Gasteiger partial charge in [-0.2, -0.15) is 5.26 Å². The van der Waals surface area contributed by atoms with Gasteiger partial charge in [-0.3, -0.25) is 4.79 Å². The molecule has 0 bridgehead atoms. The molecule has 0 spiro atoms. The normalized spacial score (nSPS) is 10.6. The van der Waals surface area contributed by atoms with E-state index in [9.17, 15) is 4.79 Å². The van der Waals surface area contributed by atoms with Crippen LogP contribution in [0, 0.1) is 11.3 Å². The Morgan fingerprint density at radius 2 is 2.15 bits per heavy atom. The number of hydrogen-bond acceptors (Lipinski definition) is 4. The van der Waals surface area contributed by atoms with Crippen LogP contribution in [0.5, 0.6) is 5.75 Å². The van der Waals surface area contributed by atoms with E-state index in [0.29, 0.717) is 19.0 Å². The number of methoxy groups -OCH3 is 1. The van der Waals surface area contributed by atoms with Gasteiger partial charge in [0.15, 0.2) is 0 Å². The number of benzene rings is 1. The summed E-state index contributed by atoms with van der Waals surface area (Å²) in [6, 6.07) is 9.34. The van der Waals surface area contributed by atoms with E-state index < -0.39 is 5.91 Å². The van der Waals surface area contributed by atoms with Gasteiger partial charge in [0.25, 0.3) is 5.91 Å². The summed E-state index contributed by atoms with van der Waals surface area (Å²) in [7, 11) is 1.61. The van der Waals surface area contributed by atoms with Gasteiger partial charge in [0.2, 0.25) is 0 Å². The van der Waals surface area contributed by atoms with Gasteiger partial charge in [-0.05, 0) is 17.7 Å². The van der Waals surface area contributed by atoms with E-state index in [-0.39, 0.29) is 5.57 Å². The van der Waals surface area contributed by atoms with Crippen LogP contribution in [0.15, 0.2) is 36.0 Å². The SMILES string of the molecule is COc1ccc(CN/C=C(/C#N)C(=O)NCCCl)cc1. The van der Waals surface area contributed by atoms with E-state index in [1.165, 1.54) is 6.20 Å². The van der Waals surface area contributed by atoms with Crippen LogP contribution < -0.4 is 15.4 Å². The number of hydrogen-bond donors (Lipinski definition) is 2. The molecule has 0 heterocycles. The highest BCUT2D eigenvalue weighted by atomic mass is 35.5. The van der Waals surface area contributed by atoms with Crippen molar-refractivity contribution >= 4 is 17.5 Å². The van der Waals surface area contributed by atoms with Crippen molar-refractivity contribution in [1.29, 1.82) is 5.26 Å². The molecule has 1 aromatic rings. The Morgan fingerprint density at radius 3 is 2.70 bits per heavy atom. The third-order valence-electron chi connectivity index (χ3n) is 2.46. The van der Waals surface area contributed by atoms with Gasteiger partial charge in [-0.1, -0.05) is 12.1 Å². The maximum Gasteiger partial charge on any atom is 0.263 e. The van der Waals surface area contributed by atoms with Crippen molar-refractivity contribution in [2.24, 2.45) is 0 Å². The average molecular weight is 294 g/mol. The number of alkyl halides is 1. The van der Waals surface area contributed by atoms with Gasteiger partial charge < -0.3 is 15.4 Å². The largest absolute Gasteiger partial charge is 0.497 e. The fraction of sp³-hybridized carbons (Fsp3) is 0.286. The van der Waals surface area contributed by atoms with Crippen LogP contribution >= 0.6 is 11.6 Å². The Morgan fingerprint density at radius 1 is 1.45 bits per heavy atom. The second-order valence-corrected chi connectivity index (χ2v) is 4.22. The summed E-state index contributed by atoms with van der Waals surface area (Å²) < 4.78 is 5.06. The molecule has 0 fully saturated rings. The highest BCUT2D eigenvalue weighted by Gasteiger charge is 2.06. The van der Waals surface area contributed by atoms with Crippen molar-refractivity contribution in [3.63, 3.8) is 0 Å². The lowest BCUT2D eigenvalue weighted by Gasteiger charge is -2.05. The Labute approximate surface area is 123 Å². The molecule has 1 amide bonds. The van der Waals surface area contributed by atoms with Crippen LogP contribution in [0.25, 0.3) is 0 Å². The number of carbonyl (C=O) groups excluding carboxylic acids is 1. The van der Waals surface area contributed by atoms with Crippen molar-refractivity contribution in [3.8, 4) is 11.8 Å². The van der Waals surface area contributed by atoms with Gasteiger partial charge in [-0.25, -0.2) is 0 Å². The number of amides is 1. The van der Waals surface area contributed by atoms with E-state index in [1.54, 1.807) is 7.11 Å². The predicted molar refractivity (Wildman–Crippen MR) is 77.3 cm³/mol. The molecule has 6 heteroatoms. The number of nitrogens with zero attached hydrogens (tertiary/aromatic N) is 1. The molecule has 106 valence electrons. The second kappa shape index (κ2) is 8.83. The van der Waals surface area contributed by atoms with Crippen LogP contribution in [-0.4, -0.2) is 25.4 Å². The maximum absolute atomic E-state index is 11.5. The molecule has 0 aromatic heterocycles. The lowest BCUT2D eigenvalue weighted by atomic mass is 10.2. The molecule has 0 atom stereocenters. The van der Waals surface area contributed by atoms with E-state index in [4.69, 9.17) is 21.6 Å². The number of ether oxygens (including phenoxy) is 1. The van der Waals surface area contributed by atoms with Crippen LogP contribution in [0.4, 0.5) is 0 Å². The molecule has 5 nitrogen and oxygen atoms in total. The van der Waals surface area contributed by atoms with Crippen LogP contribution in [-0.2, 0) is 11.3 Å².